The van der Waals surface area contributed by atoms with Gasteiger partial charge in [0.2, 0.25) is 0 Å². The highest BCUT2D eigenvalue weighted by Gasteiger charge is 2.19. The van der Waals surface area contributed by atoms with Crippen LogP contribution in [0.5, 0.6) is 0 Å². The SMILES string of the molecule is c1ccc(-c2cccc(Nc3cccc(N(c4ccccc4)c4cccc5oc6ccccc6c45)c3)c2)cc1. The first-order valence-corrected chi connectivity index (χ1v) is 13.1. The van der Waals surface area contributed by atoms with E-state index < -0.39 is 0 Å². The van der Waals surface area contributed by atoms with Crippen LogP contribution in [0.25, 0.3) is 33.1 Å². The van der Waals surface area contributed by atoms with E-state index >= 15 is 0 Å². The first kappa shape index (κ1) is 22.9. The Balaban J connectivity index is 1.33. The highest BCUT2D eigenvalue weighted by Crippen LogP contribution is 2.43. The van der Waals surface area contributed by atoms with Gasteiger partial charge in [-0.2, -0.15) is 0 Å². The summed E-state index contributed by atoms with van der Waals surface area (Å²) in [7, 11) is 0. The largest absolute Gasteiger partial charge is 0.456 e. The summed E-state index contributed by atoms with van der Waals surface area (Å²) in [6.07, 6.45) is 0. The van der Waals surface area contributed by atoms with Crippen LogP contribution in [-0.2, 0) is 0 Å². The molecular formula is C36H26N2O. The number of benzene rings is 6. The Morgan fingerprint density at radius 3 is 1.92 bits per heavy atom. The zero-order valence-corrected chi connectivity index (χ0v) is 21.3. The number of rotatable bonds is 6. The van der Waals surface area contributed by atoms with Crippen LogP contribution < -0.4 is 10.2 Å². The molecule has 0 aliphatic carbocycles. The molecule has 3 heteroatoms. The number of anilines is 5. The van der Waals surface area contributed by atoms with E-state index in [1.54, 1.807) is 0 Å². The van der Waals surface area contributed by atoms with E-state index in [1.165, 1.54) is 11.1 Å². The van der Waals surface area contributed by atoms with Gasteiger partial charge in [-0.3, -0.25) is 0 Å². The summed E-state index contributed by atoms with van der Waals surface area (Å²) in [6.45, 7) is 0. The smallest absolute Gasteiger partial charge is 0.137 e. The van der Waals surface area contributed by atoms with Crippen molar-refractivity contribution in [3.63, 3.8) is 0 Å². The molecule has 0 saturated heterocycles. The third kappa shape index (κ3) is 4.41. The van der Waals surface area contributed by atoms with E-state index in [2.05, 4.69) is 132 Å². The van der Waals surface area contributed by atoms with E-state index in [0.717, 1.165) is 50.4 Å². The van der Waals surface area contributed by atoms with E-state index in [1.807, 2.05) is 30.3 Å². The summed E-state index contributed by atoms with van der Waals surface area (Å²) < 4.78 is 6.23. The Morgan fingerprint density at radius 2 is 1.08 bits per heavy atom. The minimum atomic E-state index is 0.877. The number of nitrogens with one attached hydrogen (secondary N) is 1. The second-order valence-corrected chi connectivity index (χ2v) is 9.54. The van der Waals surface area contributed by atoms with Crippen molar-refractivity contribution in [1.29, 1.82) is 0 Å². The number of hydrogen-bond acceptors (Lipinski definition) is 3. The van der Waals surface area contributed by atoms with Crippen LogP contribution in [-0.4, -0.2) is 0 Å². The number of hydrogen-bond donors (Lipinski definition) is 1. The van der Waals surface area contributed by atoms with Gasteiger partial charge in [-0.1, -0.05) is 91.0 Å². The third-order valence-corrected chi connectivity index (χ3v) is 7.00. The topological polar surface area (TPSA) is 28.4 Å². The minimum Gasteiger partial charge on any atom is -0.456 e. The maximum Gasteiger partial charge on any atom is 0.137 e. The first-order chi connectivity index (χ1) is 19.3. The molecule has 0 spiro atoms. The third-order valence-electron chi connectivity index (χ3n) is 7.00. The molecule has 39 heavy (non-hydrogen) atoms. The predicted octanol–water partition coefficient (Wildman–Crippen LogP) is 10.5. The zero-order valence-electron chi connectivity index (χ0n) is 21.3. The van der Waals surface area contributed by atoms with Crippen LogP contribution in [0, 0.1) is 0 Å². The van der Waals surface area contributed by atoms with Crippen molar-refractivity contribution in [3.8, 4) is 11.1 Å². The summed E-state index contributed by atoms with van der Waals surface area (Å²) in [5.41, 5.74) is 9.43. The van der Waals surface area contributed by atoms with Gasteiger partial charge in [0.05, 0.1) is 11.1 Å². The molecule has 0 radical (unpaired) electrons. The molecule has 0 saturated carbocycles. The van der Waals surface area contributed by atoms with Gasteiger partial charge in [0.25, 0.3) is 0 Å². The fourth-order valence-electron chi connectivity index (χ4n) is 5.24. The lowest BCUT2D eigenvalue weighted by molar-refractivity contribution is 0.669. The molecule has 0 aliphatic rings. The monoisotopic (exact) mass is 502 g/mol. The van der Waals surface area contributed by atoms with Crippen molar-refractivity contribution in [2.75, 3.05) is 10.2 Å². The molecule has 0 atom stereocenters. The van der Waals surface area contributed by atoms with Gasteiger partial charge >= 0.3 is 0 Å². The van der Waals surface area contributed by atoms with Crippen molar-refractivity contribution in [1.82, 2.24) is 0 Å². The summed E-state index contributed by atoms with van der Waals surface area (Å²) in [6, 6.07) is 52.5. The van der Waals surface area contributed by atoms with Gasteiger partial charge in [-0.15, -0.1) is 0 Å². The molecule has 3 nitrogen and oxygen atoms in total. The van der Waals surface area contributed by atoms with E-state index in [4.69, 9.17) is 4.42 Å². The second-order valence-electron chi connectivity index (χ2n) is 9.54. The van der Waals surface area contributed by atoms with Crippen molar-refractivity contribution in [3.05, 3.63) is 152 Å². The van der Waals surface area contributed by atoms with Crippen LogP contribution in [0.15, 0.2) is 156 Å². The van der Waals surface area contributed by atoms with E-state index in [9.17, 15) is 0 Å². The van der Waals surface area contributed by atoms with Crippen molar-refractivity contribution >= 4 is 50.4 Å². The van der Waals surface area contributed by atoms with Gasteiger partial charge in [0, 0.05) is 28.1 Å². The molecule has 0 bridgehead atoms. The lowest BCUT2D eigenvalue weighted by atomic mass is 10.1. The molecule has 0 amide bonds. The van der Waals surface area contributed by atoms with Crippen LogP contribution in [0.2, 0.25) is 0 Å². The molecule has 0 fully saturated rings. The Hall–Kier alpha value is -5.28. The van der Waals surface area contributed by atoms with Crippen molar-refractivity contribution in [2.45, 2.75) is 0 Å². The van der Waals surface area contributed by atoms with Gasteiger partial charge in [0.1, 0.15) is 11.2 Å². The maximum absolute atomic E-state index is 6.23. The van der Waals surface area contributed by atoms with Gasteiger partial charge < -0.3 is 14.6 Å². The highest BCUT2D eigenvalue weighted by molar-refractivity contribution is 6.13. The Kier molecular flexibility index (Phi) is 5.80. The molecule has 0 unspecified atom stereocenters. The number of para-hydroxylation sites is 2. The van der Waals surface area contributed by atoms with Crippen LogP contribution in [0.3, 0.4) is 0 Å². The number of nitrogens with zero attached hydrogens (tertiary/aromatic N) is 1. The normalized spacial score (nSPS) is 11.1. The van der Waals surface area contributed by atoms with Crippen molar-refractivity contribution < 1.29 is 4.42 Å². The maximum atomic E-state index is 6.23. The quantitative estimate of drug-likeness (QED) is 0.245. The van der Waals surface area contributed by atoms with Crippen LogP contribution in [0.4, 0.5) is 28.4 Å². The van der Waals surface area contributed by atoms with Gasteiger partial charge in [-0.05, 0) is 71.8 Å². The summed E-state index contributed by atoms with van der Waals surface area (Å²) in [4.78, 5) is 2.30. The zero-order chi connectivity index (χ0) is 26.0. The fourth-order valence-corrected chi connectivity index (χ4v) is 5.24. The van der Waals surface area contributed by atoms with Gasteiger partial charge in [0.15, 0.2) is 0 Å². The molecule has 1 N–H and O–H groups in total. The van der Waals surface area contributed by atoms with E-state index in [-0.39, 0.29) is 0 Å². The summed E-state index contributed by atoms with van der Waals surface area (Å²) >= 11 is 0. The molecule has 0 aliphatic heterocycles. The molecule has 7 aromatic rings. The fraction of sp³-hybridized carbons (Fsp3) is 0. The molecular weight excluding hydrogens is 476 g/mol. The molecule has 1 aromatic heterocycles. The summed E-state index contributed by atoms with van der Waals surface area (Å²) in [5.74, 6) is 0. The highest BCUT2D eigenvalue weighted by atomic mass is 16.3. The lowest BCUT2D eigenvalue weighted by Gasteiger charge is -2.26. The second kappa shape index (κ2) is 9.88. The van der Waals surface area contributed by atoms with Crippen LogP contribution >= 0.6 is 0 Å². The molecule has 186 valence electrons. The summed E-state index contributed by atoms with van der Waals surface area (Å²) in [5, 5.41) is 5.84. The number of furan rings is 1. The lowest BCUT2D eigenvalue weighted by Crippen LogP contribution is -2.10. The van der Waals surface area contributed by atoms with Crippen molar-refractivity contribution in [2.24, 2.45) is 0 Å². The molecule has 1 heterocycles. The Morgan fingerprint density at radius 1 is 0.462 bits per heavy atom. The first-order valence-electron chi connectivity index (χ1n) is 13.1. The Labute approximate surface area is 227 Å². The van der Waals surface area contributed by atoms with E-state index in [0.29, 0.717) is 0 Å². The van der Waals surface area contributed by atoms with Gasteiger partial charge in [-0.25, -0.2) is 0 Å². The average molecular weight is 503 g/mol. The van der Waals surface area contributed by atoms with Crippen LogP contribution in [0.1, 0.15) is 0 Å². The molecule has 7 rings (SSSR count). The number of fused-ring (bicyclic) bond motifs is 3. The predicted molar refractivity (Wildman–Crippen MR) is 164 cm³/mol. The standard InChI is InChI=1S/C36H26N2O/c1-3-12-26(13-4-1)27-14-9-15-28(24-27)37-29-16-10-19-31(25-29)38(30-17-5-2-6-18-30)33-21-11-23-35-36(33)32-20-7-8-22-34(32)39-35/h1-25,37H. The Bertz CT molecular complexity index is 1890. The average Bonchev–Trinajstić information content (AvgIpc) is 3.38. The minimum absolute atomic E-state index is 0.877. The molecule has 6 aromatic carbocycles.